The van der Waals surface area contributed by atoms with Crippen LogP contribution < -0.4 is 10.1 Å². The molecule has 3 aromatic carbocycles. The monoisotopic (exact) mass is 383 g/mol. The Balaban J connectivity index is 1.30. The molecule has 0 atom stereocenters. The van der Waals surface area contributed by atoms with Crippen molar-refractivity contribution in [2.45, 2.75) is 12.8 Å². The zero-order chi connectivity index (χ0) is 19.8. The fourth-order valence-corrected chi connectivity index (χ4v) is 3.85. The van der Waals surface area contributed by atoms with Crippen molar-refractivity contribution in [3.05, 3.63) is 77.9 Å². The highest BCUT2D eigenvalue weighted by Gasteiger charge is 2.14. The first-order valence-corrected chi connectivity index (χ1v) is 9.74. The van der Waals surface area contributed by atoms with Crippen molar-refractivity contribution in [3.63, 3.8) is 0 Å². The van der Waals surface area contributed by atoms with Crippen LogP contribution >= 0.6 is 0 Å². The molecule has 5 heteroatoms. The minimum atomic E-state index is -0.0284. The standard InChI is InChI=1S/C24H21N3O2/c1-27-21-5-3-2-4-20(21)26-24(27)17-7-9-19(10-8-17)25-23(28)15-16-6-11-22-18(14-16)12-13-29-22/h2-11,14H,12-13,15H2,1H3,(H,25,28). The van der Waals surface area contributed by atoms with E-state index < -0.39 is 0 Å². The summed E-state index contributed by atoms with van der Waals surface area (Å²) in [6, 6.07) is 21.9. The third-order valence-electron chi connectivity index (χ3n) is 5.33. The number of carbonyl (C=O) groups excluding carboxylic acids is 1. The number of anilines is 1. The summed E-state index contributed by atoms with van der Waals surface area (Å²) in [5.41, 5.74) is 6.05. The number of hydrogen-bond donors (Lipinski definition) is 1. The van der Waals surface area contributed by atoms with Gasteiger partial charge in [-0.2, -0.15) is 0 Å². The summed E-state index contributed by atoms with van der Waals surface area (Å²) >= 11 is 0. The molecule has 5 rings (SSSR count). The molecule has 1 amide bonds. The first kappa shape index (κ1) is 17.5. The number of imidazole rings is 1. The molecular formula is C24H21N3O2. The first-order chi connectivity index (χ1) is 14.2. The molecule has 0 aliphatic carbocycles. The summed E-state index contributed by atoms with van der Waals surface area (Å²) in [4.78, 5) is 17.2. The maximum absolute atomic E-state index is 12.4. The summed E-state index contributed by atoms with van der Waals surface area (Å²) in [6.45, 7) is 0.725. The normalized spacial score (nSPS) is 12.6. The van der Waals surface area contributed by atoms with Crippen LogP contribution in [0.5, 0.6) is 5.75 Å². The zero-order valence-corrected chi connectivity index (χ0v) is 16.2. The van der Waals surface area contributed by atoms with E-state index in [0.29, 0.717) is 6.42 Å². The van der Waals surface area contributed by atoms with Gasteiger partial charge in [-0.3, -0.25) is 4.79 Å². The Morgan fingerprint density at radius 3 is 2.76 bits per heavy atom. The lowest BCUT2D eigenvalue weighted by Gasteiger charge is -2.08. The van der Waals surface area contributed by atoms with Crippen LogP contribution in [0.1, 0.15) is 11.1 Å². The zero-order valence-electron chi connectivity index (χ0n) is 16.2. The number of para-hydroxylation sites is 2. The van der Waals surface area contributed by atoms with Crippen LogP contribution in [0.2, 0.25) is 0 Å². The van der Waals surface area contributed by atoms with Gasteiger partial charge in [-0.15, -0.1) is 0 Å². The van der Waals surface area contributed by atoms with Gasteiger partial charge in [0.1, 0.15) is 11.6 Å². The quantitative estimate of drug-likeness (QED) is 0.570. The Kier molecular flexibility index (Phi) is 4.28. The summed E-state index contributed by atoms with van der Waals surface area (Å²) in [5.74, 6) is 1.82. The van der Waals surface area contributed by atoms with Gasteiger partial charge in [0.05, 0.1) is 24.1 Å². The molecule has 5 nitrogen and oxygen atoms in total. The Labute approximate surface area is 169 Å². The third-order valence-corrected chi connectivity index (χ3v) is 5.33. The number of carbonyl (C=O) groups is 1. The minimum Gasteiger partial charge on any atom is -0.493 e. The number of ether oxygens (including phenoxy) is 1. The largest absolute Gasteiger partial charge is 0.493 e. The van der Waals surface area contributed by atoms with Gasteiger partial charge < -0.3 is 14.6 Å². The van der Waals surface area contributed by atoms with E-state index >= 15 is 0 Å². The van der Waals surface area contributed by atoms with Crippen molar-refractivity contribution in [1.29, 1.82) is 0 Å². The average molecular weight is 383 g/mol. The Hall–Kier alpha value is -3.60. The molecule has 1 aromatic heterocycles. The number of amides is 1. The van der Waals surface area contributed by atoms with E-state index in [0.717, 1.165) is 52.4 Å². The van der Waals surface area contributed by atoms with E-state index in [2.05, 4.69) is 22.0 Å². The van der Waals surface area contributed by atoms with Crippen LogP contribution in [0.15, 0.2) is 66.7 Å². The van der Waals surface area contributed by atoms with Crippen LogP contribution in [0.25, 0.3) is 22.4 Å². The predicted octanol–water partition coefficient (Wildman–Crippen LogP) is 4.36. The van der Waals surface area contributed by atoms with Crippen molar-refractivity contribution in [1.82, 2.24) is 9.55 Å². The Morgan fingerprint density at radius 1 is 1.10 bits per heavy atom. The van der Waals surface area contributed by atoms with Crippen molar-refractivity contribution < 1.29 is 9.53 Å². The van der Waals surface area contributed by atoms with Crippen molar-refractivity contribution >= 4 is 22.6 Å². The van der Waals surface area contributed by atoms with Gasteiger partial charge in [-0.05, 0) is 53.6 Å². The molecule has 0 saturated carbocycles. The Bertz CT molecular complexity index is 1210. The number of nitrogens with zero attached hydrogens (tertiary/aromatic N) is 2. The summed E-state index contributed by atoms with van der Waals surface area (Å²) in [7, 11) is 2.02. The molecule has 0 bridgehead atoms. The molecule has 4 aromatic rings. The fraction of sp³-hybridized carbons (Fsp3) is 0.167. The molecule has 1 aliphatic heterocycles. The molecular weight excluding hydrogens is 362 g/mol. The molecule has 0 spiro atoms. The van der Waals surface area contributed by atoms with Gasteiger partial charge in [-0.1, -0.05) is 24.3 Å². The molecule has 2 heterocycles. The summed E-state index contributed by atoms with van der Waals surface area (Å²) in [6.07, 6.45) is 1.26. The van der Waals surface area contributed by atoms with Gasteiger partial charge in [0.2, 0.25) is 5.91 Å². The predicted molar refractivity (Wildman–Crippen MR) is 114 cm³/mol. The summed E-state index contributed by atoms with van der Waals surface area (Å²) in [5, 5.41) is 2.98. The number of aromatic nitrogens is 2. The van der Waals surface area contributed by atoms with Crippen LogP contribution in [0.3, 0.4) is 0 Å². The van der Waals surface area contributed by atoms with Crippen molar-refractivity contribution in [2.75, 3.05) is 11.9 Å². The minimum absolute atomic E-state index is 0.0284. The Morgan fingerprint density at radius 2 is 1.93 bits per heavy atom. The SMILES string of the molecule is Cn1c(-c2ccc(NC(=O)Cc3ccc4c(c3)CCO4)cc2)nc2ccccc21. The van der Waals surface area contributed by atoms with Gasteiger partial charge in [-0.25, -0.2) is 4.98 Å². The van der Waals surface area contributed by atoms with Crippen LogP contribution in [-0.2, 0) is 24.7 Å². The van der Waals surface area contributed by atoms with Gasteiger partial charge in [0.15, 0.2) is 0 Å². The van der Waals surface area contributed by atoms with Gasteiger partial charge >= 0.3 is 0 Å². The van der Waals surface area contributed by atoms with Crippen LogP contribution in [0, 0.1) is 0 Å². The topological polar surface area (TPSA) is 56.2 Å². The lowest BCUT2D eigenvalue weighted by molar-refractivity contribution is -0.115. The van der Waals surface area contributed by atoms with E-state index in [4.69, 9.17) is 9.72 Å². The number of fused-ring (bicyclic) bond motifs is 2. The molecule has 1 aliphatic rings. The van der Waals surface area contributed by atoms with Crippen molar-refractivity contribution in [3.8, 4) is 17.1 Å². The molecule has 0 fully saturated rings. The highest BCUT2D eigenvalue weighted by atomic mass is 16.5. The van der Waals surface area contributed by atoms with Crippen molar-refractivity contribution in [2.24, 2.45) is 7.05 Å². The second-order valence-corrected chi connectivity index (χ2v) is 7.33. The molecule has 144 valence electrons. The highest BCUT2D eigenvalue weighted by Crippen LogP contribution is 2.27. The van der Waals surface area contributed by atoms with E-state index in [9.17, 15) is 4.79 Å². The second kappa shape index (κ2) is 7.09. The fourth-order valence-electron chi connectivity index (χ4n) is 3.85. The second-order valence-electron chi connectivity index (χ2n) is 7.33. The molecule has 29 heavy (non-hydrogen) atoms. The summed E-state index contributed by atoms with van der Waals surface area (Å²) < 4.78 is 7.61. The number of aryl methyl sites for hydroxylation is 1. The molecule has 1 N–H and O–H groups in total. The molecule has 0 radical (unpaired) electrons. The molecule has 0 unspecified atom stereocenters. The van der Waals surface area contributed by atoms with Gasteiger partial charge in [0, 0.05) is 24.7 Å². The van der Waals surface area contributed by atoms with Crippen LogP contribution in [0.4, 0.5) is 5.69 Å². The lowest BCUT2D eigenvalue weighted by Crippen LogP contribution is -2.14. The molecule has 0 saturated heterocycles. The van der Waals surface area contributed by atoms with E-state index in [-0.39, 0.29) is 5.91 Å². The average Bonchev–Trinajstić information content (AvgIpc) is 3.33. The maximum Gasteiger partial charge on any atom is 0.228 e. The van der Waals surface area contributed by atoms with E-state index in [1.807, 2.05) is 61.6 Å². The number of hydrogen-bond acceptors (Lipinski definition) is 3. The van der Waals surface area contributed by atoms with E-state index in [1.165, 1.54) is 5.56 Å². The first-order valence-electron chi connectivity index (χ1n) is 9.74. The van der Waals surface area contributed by atoms with E-state index in [1.54, 1.807) is 0 Å². The van der Waals surface area contributed by atoms with Gasteiger partial charge in [0.25, 0.3) is 0 Å². The lowest BCUT2D eigenvalue weighted by atomic mass is 10.1. The maximum atomic E-state index is 12.4. The smallest absolute Gasteiger partial charge is 0.228 e. The number of nitrogens with one attached hydrogen (secondary N) is 1. The van der Waals surface area contributed by atoms with Crippen LogP contribution in [-0.4, -0.2) is 22.1 Å². The number of rotatable bonds is 4. The highest BCUT2D eigenvalue weighted by molar-refractivity contribution is 5.92. The number of benzene rings is 3. The third kappa shape index (κ3) is 3.36.